The molecule has 4 rings (SSSR count). The normalized spacial score (nSPS) is 17.2. The first-order valence-electron chi connectivity index (χ1n) is 11.1. The predicted molar refractivity (Wildman–Crippen MR) is 121 cm³/mol. The van der Waals surface area contributed by atoms with Gasteiger partial charge in [-0.25, -0.2) is 0 Å². The van der Waals surface area contributed by atoms with Gasteiger partial charge in [0.05, 0.1) is 0 Å². The second-order valence-corrected chi connectivity index (χ2v) is 8.74. The van der Waals surface area contributed by atoms with Gasteiger partial charge in [-0.2, -0.15) is 4.98 Å². The van der Waals surface area contributed by atoms with E-state index in [1.807, 2.05) is 30.1 Å². The maximum absolute atomic E-state index is 12.6. The number of anilines is 1. The second kappa shape index (κ2) is 9.10. The number of hydrogen-bond donors (Lipinski definition) is 2. The first-order valence-corrected chi connectivity index (χ1v) is 11.1. The number of nitrogens with one attached hydrogen (secondary N) is 2. The van der Waals surface area contributed by atoms with Crippen LogP contribution in [0.5, 0.6) is 0 Å². The molecule has 2 N–H and O–H groups in total. The fourth-order valence-corrected chi connectivity index (χ4v) is 4.44. The molecule has 2 aromatic rings. The Balaban J connectivity index is 1.33. The summed E-state index contributed by atoms with van der Waals surface area (Å²) in [7, 11) is 1.83. The standard InChI is InChI=1S/C23H30N6O3/c1-14(24)19-5-4-18(11-20(19)25-3)22-26-23(32-27-22)17-6-8-28(9-7-17)21(31)10-16-12-29(13-16)15(2)30/h4-5,11,16-17,24-25H,6-10,12-13H2,1-3H3. The van der Waals surface area contributed by atoms with Gasteiger partial charge in [0.15, 0.2) is 0 Å². The molecule has 2 aliphatic rings. The first kappa shape index (κ1) is 22.0. The summed E-state index contributed by atoms with van der Waals surface area (Å²) in [5.41, 5.74) is 3.02. The van der Waals surface area contributed by atoms with Crippen LogP contribution in [-0.2, 0) is 9.59 Å². The Hall–Kier alpha value is -3.23. The minimum Gasteiger partial charge on any atom is -0.388 e. The first-order chi connectivity index (χ1) is 15.4. The van der Waals surface area contributed by atoms with E-state index in [-0.39, 0.29) is 23.7 Å². The van der Waals surface area contributed by atoms with Crippen LogP contribution in [0.15, 0.2) is 22.7 Å². The van der Waals surface area contributed by atoms with E-state index in [0.29, 0.717) is 50.0 Å². The van der Waals surface area contributed by atoms with Crippen molar-refractivity contribution in [3.8, 4) is 11.4 Å². The fourth-order valence-electron chi connectivity index (χ4n) is 4.44. The van der Waals surface area contributed by atoms with Crippen LogP contribution in [0.3, 0.4) is 0 Å². The summed E-state index contributed by atoms with van der Waals surface area (Å²) < 4.78 is 5.57. The van der Waals surface area contributed by atoms with Gasteiger partial charge in [0.2, 0.25) is 23.5 Å². The van der Waals surface area contributed by atoms with Gasteiger partial charge in [0, 0.05) is 80.9 Å². The Kier molecular flexibility index (Phi) is 6.25. The monoisotopic (exact) mass is 438 g/mol. The highest BCUT2D eigenvalue weighted by atomic mass is 16.5. The van der Waals surface area contributed by atoms with Crippen LogP contribution >= 0.6 is 0 Å². The molecule has 0 bridgehead atoms. The van der Waals surface area contributed by atoms with Gasteiger partial charge in [0.25, 0.3) is 0 Å². The van der Waals surface area contributed by atoms with E-state index < -0.39 is 0 Å². The number of rotatable bonds is 6. The molecule has 9 nitrogen and oxygen atoms in total. The molecule has 9 heteroatoms. The number of carbonyl (C=O) groups is 2. The number of piperidine rings is 1. The van der Waals surface area contributed by atoms with E-state index in [4.69, 9.17) is 9.93 Å². The summed E-state index contributed by atoms with van der Waals surface area (Å²) in [6.07, 6.45) is 2.11. The van der Waals surface area contributed by atoms with Crippen molar-refractivity contribution in [1.82, 2.24) is 19.9 Å². The maximum atomic E-state index is 12.6. The predicted octanol–water partition coefficient (Wildman–Crippen LogP) is 2.74. The number of aromatic nitrogens is 2. The lowest BCUT2D eigenvalue weighted by Gasteiger charge is -2.39. The van der Waals surface area contributed by atoms with Crippen molar-refractivity contribution in [3.05, 3.63) is 29.7 Å². The van der Waals surface area contributed by atoms with Crippen LogP contribution in [0.2, 0.25) is 0 Å². The molecule has 1 aromatic heterocycles. The fraction of sp³-hybridized carbons (Fsp3) is 0.522. The summed E-state index contributed by atoms with van der Waals surface area (Å²) in [6, 6.07) is 5.72. The lowest BCUT2D eigenvalue weighted by molar-refractivity contribution is -0.141. The van der Waals surface area contributed by atoms with Gasteiger partial charge in [-0.3, -0.25) is 9.59 Å². The molecular weight excluding hydrogens is 408 g/mol. The molecule has 0 unspecified atom stereocenters. The van der Waals surface area contributed by atoms with Gasteiger partial charge in [-0.15, -0.1) is 0 Å². The number of carbonyl (C=O) groups excluding carboxylic acids is 2. The third kappa shape index (κ3) is 4.51. The van der Waals surface area contributed by atoms with Crippen molar-refractivity contribution in [2.24, 2.45) is 5.92 Å². The lowest BCUT2D eigenvalue weighted by atomic mass is 9.93. The average Bonchev–Trinajstić information content (AvgIpc) is 3.25. The topological polar surface area (TPSA) is 115 Å². The molecule has 170 valence electrons. The Bertz CT molecular complexity index is 1020. The molecule has 32 heavy (non-hydrogen) atoms. The quantitative estimate of drug-likeness (QED) is 0.670. The van der Waals surface area contributed by atoms with E-state index in [1.54, 1.807) is 18.7 Å². The molecule has 0 radical (unpaired) electrons. The summed E-state index contributed by atoms with van der Waals surface area (Å²) in [5.74, 6) is 1.82. The molecule has 3 heterocycles. The molecular formula is C23H30N6O3. The Morgan fingerprint density at radius 3 is 2.53 bits per heavy atom. The van der Waals surface area contributed by atoms with E-state index in [1.165, 1.54) is 0 Å². The van der Waals surface area contributed by atoms with Crippen molar-refractivity contribution in [3.63, 3.8) is 0 Å². The molecule has 0 aliphatic carbocycles. The maximum Gasteiger partial charge on any atom is 0.230 e. The minimum atomic E-state index is 0.0800. The van der Waals surface area contributed by atoms with Crippen molar-refractivity contribution in [2.75, 3.05) is 38.5 Å². The molecule has 0 spiro atoms. The minimum absolute atomic E-state index is 0.0800. The van der Waals surface area contributed by atoms with E-state index in [0.717, 1.165) is 29.7 Å². The van der Waals surface area contributed by atoms with Crippen molar-refractivity contribution in [1.29, 1.82) is 5.41 Å². The molecule has 2 aliphatic heterocycles. The van der Waals surface area contributed by atoms with E-state index >= 15 is 0 Å². The molecule has 0 atom stereocenters. The zero-order valence-electron chi connectivity index (χ0n) is 18.9. The van der Waals surface area contributed by atoms with Crippen LogP contribution < -0.4 is 5.32 Å². The van der Waals surface area contributed by atoms with E-state index in [9.17, 15) is 9.59 Å². The highest BCUT2D eigenvalue weighted by molar-refractivity contribution is 6.02. The van der Waals surface area contributed by atoms with Gasteiger partial charge >= 0.3 is 0 Å². The van der Waals surface area contributed by atoms with Gasteiger partial charge in [-0.1, -0.05) is 17.3 Å². The molecule has 1 aromatic carbocycles. The highest BCUT2D eigenvalue weighted by Crippen LogP contribution is 2.31. The van der Waals surface area contributed by atoms with E-state index in [2.05, 4.69) is 15.5 Å². The Morgan fingerprint density at radius 1 is 1.19 bits per heavy atom. The largest absolute Gasteiger partial charge is 0.388 e. The zero-order chi connectivity index (χ0) is 22.8. The Morgan fingerprint density at radius 2 is 1.91 bits per heavy atom. The van der Waals surface area contributed by atoms with Crippen LogP contribution in [0.4, 0.5) is 5.69 Å². The van der Waals surface area contributed by atoms with Crippen LogP contribution in [0.25, 0.3) is 11.4 Å². The van der Waals surface area contributed by atoms with Crippen molar-refractivity contribution in [2.45, 2.75) is 39.0 Å². The van der Waals surface area contributed by atoms with Gasteiger partial charge in [-0.05, 0) is 25.8 Å². The smallest absolute Gasteiger partial charge is 0.230 e. The molecule has 0 saturated carbocycles. The zero-order valence-corrected chi connectivity index (χ0v) is 18.9. The third-order valence-electron chi connectivity index (χ3n) is 6.46. The third-order valence-corrected chi connectivity index (χ3v) is 6.46. The molecule has 2 amide bonds. The van der Waals surface area contributed by atoms with Crippen molar-refractivity contribution < 1.29 is 14.1 Å². The number of amides is 2. The molecule has 2 saturated heterocycles. The number of likely N-dealkylation sites (tertiary alicyclic amines) is 2. The average molecular weight is 439 g/mol. The van der Waals surface area contributed by atoms with Crippen LogP contribution in [0, 0.1) is 11.3 Å². The number of nitrogens with zero attached hydrogens (tertiary/aromatic N) is 4. The number of benzene rings is 1. The molecule has 2 fully saturated rings. The summed E-state index contributed by atoms with van der Waals surface area (Å²) in [4.78, 5) is 32.2. The van der Waals surface area contributed by atoms with Crippen molar-refractivity contribution >= 4 is 23.2 Å². The number of hydrogen-bond acceptors (Lipinski definition) is 7. The summed E-state index contributed by atoms with van der Waals surface area (Å²) >= 11 is 0. The van der Waals surface area contributed by atoms with Gasteiger partial charge < -0.3 is 25.0 Å². The van der Waals surface area contributed by atoms with Gasteiger partial charge in [0.1, 0.15) is 0 Å². The van der Waals surface area contributed by atoms with Crippen LogP contribution in [-0.4, -0.2) is 70.7 Å². The van der Waals surface area contributed by atoms with Crippen LogP contribution in [0.1, 0.15) is 50.5 Å². The SMILES string of the molecule is CNc1cc(-c2noc(C3CCN(C(=O)CC4CN(C(C)=O)C4)CC3)n2)ccc1C(C)=N. The summed E-state index contributed by atoms with van der Waals surface area (Å²) in [5, 5.41) is 15.2. The second-order valence-electron chi connectivity index (χ2n) is 8.74. The Labute approximate surface area is 187 Å². The summed E-state index contributed by atoms with van der Waals surface area (Å²) in [6.45, 7) is 6.07. The lowest BCUT2D eigenvalue weighted by Crippen LogP contribution is -2.51. The highest BCUT2D eigenvalue weighted by Gasteiger charge is 2.33.